The van der Waals surface area contributed by atoms with Crippen molar-refractivity contribution < 1.29 is 14.3 Å². The van der Waals surface area contributed by atoms with Crippen LogP contribution in [0, 0.1) is 5.92 Å². The maximum absolute atomic E-state index is 12.5. The molecule has 2 aromatic heterocycles. The summed E-state index contributed by atoms with van der Waals surface area (Å²) < 4.78 is 15.8. The highest BCUT2D eigenvalue weighted by Crippen LogP contribution is 2.34. The lowest BCUT2D eigenvalue weighted by Gasteiger charge is -2.20. The third-order valence-electron chi connectivity index (χ3n) is 6.38. The fourth-order valence-corrected chi connectivity index (χ4v) is 5.30. The normalized spacial score (nSPS) is 29.8. The topological polar surface area (TPSA) is 83.2 Å². The molecule has 3 fully saturated rings. The molecular weight excluding hydrogens is 485 g/mol. The Labute approximate surface area is 183 Å². The fourth-order valence-electron chi connectivity index (χ4n) is 4.84. The third kappa shape index (κ3) is 4.09. The molecule has 156 valence electrons. The van der Waals surface area contributed by atoms with Crippen LogP contribution in [0.5, 0.6) is 0 Å². The molecule has 4 heterocycles. The number of nitrogens with zero attached hydrogens (tertiary/aromatic N) is 4. The van der Waals surface area contributed by atoms with Gasteiger partial charge in [-0.1, -0.05) is 37.3 Å². The summed E-state index contributed by atoms with van der Waals surface area (Å²) in [6, 6.07) is 1.65. The van der Waals surface area contributed by atoms with Gasteiger partial charge in [0.2, 0.25) is 0 Å². The van der Waals surface area contributed by atoms with Crippen molar-refractivity contribution >= 4 is 28.8 Å². The molecule has 0 aromatic carbocycles. The standard InChI is InChI=1S/C20H26IN5O3/c21-25-7-6-14(9-25)20(27)22-16-11-28-19-17(12-29-18(16)19)26-10-15(23-24-26)8-13-4-2-1-3-5-13/h6-7,9-10,13,16-19H,1-5,8,11-12H2,(H,22,27). The molecule has 2 saturated heterocycles. The summed E-state index contributed by atoms with van der Waals surface area (Å²) in [6.07, 6.45) is 13.1. The Bertz CT molecular complexity index is 862. The van der Waals surface area contributed by atoms with Crippen molar-refractivity contribution in [1.82, 2.24) is 23.1 Å². The van der Waals surface area contributed by atoms with E-state index in [1.54, 1.807) is 12.3 Å². The van der Waals surface area contributed by atoms with Crippen LogP contribution in [0.15, 0.2) is 24.7 Å². The number of amides is 1. The van der Waals surface area contributed by atoms with E-state index in [1.165, 1.54) is 32.1 Å². The zero-order valence-corrected chi connectivity index (χ0v) is 18.4. The lowest BCUT2D eigenvalue weighted by Crippen LogP contribution is -2.44. The Morgan fingerprint density at radius 2 is 2.00 bits per heavy atom. The summed E-state index contributed by atoms with van der Waals surface area (Å²) in [5.74, 6) is 0.637. The summed E-state index contributed by atoms with van der Waals surface area (Å²) >= 11 is 2.12. The smallest absolute Gasteiger partial charge is 0.253 e. The minimum Gasteiger partial charge on any atom is -0.371 e. The molecule has 1 amide bonds. The minimum atomic E-state index is -0.156. The lowest BCUT2D eigenvalue weighted by atomic mass is 9.86. The first kappa shape index (κ1) is 19.5. The maximum atomic E-state index is 12.5. The second-order valence-corrected chi connectivity index (χ2v) is 9.50. The summed E-state index contributed by atoms with van der Waals surface area (Å²) in [4.78, 5) is 12.5. The molecule has 2 aliphatic heterocycles. The van der Waals surface area contributed by atoms with E-state index in [1.807, 2.05) is 13.7 Å². The first-order valence-electron chi connectivity index (χ1n) is 10.5. The molecule has 0 radical (unpaired) electrons. The first-order valence-corrected chi connectivity index (χ1v) is 11.4. The Kier molecular flexibility index (Phi) is 5.61. The summed E-state index contributed by atoms with van der Waals surface area (Å²) in [5.41, 5.74) is 1.70. The van der Waals surface area contributed by atoms with E-state index in [4.69, 9.17) is 9.47 Å². The van der Waals surface area contributed by atoms with Crippen molar-refractivity contribution in [3.05, 3.63) is 35.9 Å². The Hall–Kier alpha value is -1.46. The summed E-state index contributed by atoms with van der Waals surface area (Å²) in [7, 11) is 0. The van der Waals surface area contributed by atoms with Gasteiger partial charge in [-0.05, 0) is 18.4 Å². The number of carbonyl (C=O) groups excluding carboxylic acids is 1. The third-order valence-corrected chi connectivity index (χ3v) is 6.99. The van der Waals surface area contributed by atoms with Crippen LogP contribution in [-0.2, 0) is 15.9 Å². The van der Waals surface area contributed by atoms with Crippen molar-refractivity contribution in [1.29, 1.82) is 0 Å². The Balaban J connectivity index is 1.20. The predicted octanol–water partition coefficient (Wildman–Crippen LogP) is 2.54. The zero-order chi connectivity index (χ0) is 19.8. The quantitative estimate of drug-likeness (QED) is 0.625. The number of halogens is 1. The monoisotopic (exact) mass is 511 g/mol. The SMILES string of the molecule is O=C(NC1COC2C1OCC2n1cc(CC2CCCCC2)nn1)c1ccn(I)c1. The van der Waals surface area contributed by atoms with Crippen LogP contribution in [0.3, 0.4) is 0 Å². The van der Waals surface area contributed by atoms with Crippen LogP contribution in [0.1, 0.15) is 54.2 Å². The molecule has 1 aliphatic carbocycles. The minimum absolute atomic E-state index is 0.00457. The highest BCUT2D eigenvalue weighted by atomic mass is 127. The lowest BCUT2D eigenvalue weighted by molar-refractivity contribution is 0.0613. The van der Waals surface area contributed by atoms with Crippen molar-refractivity contribution in [2.24, 2.45) is 5.92 Å². The molecule has 5 rings (SSSR count). The number of hydrogen-bond donors (Lipinski definition) is 1. The van der Waals surface area contributed by atoms with Crippen LogP contribution in [0.4, 0.5) is 0 Å². The van der Waals surface area contributed by atoms with Crippen LogP contribution >= 0.6 is 22.9 Å². The van der Waals surface area contributed by atoms with Crippen LogP contribution < -0.4 is 5.32 Å². The van der Waals surface area contributed by atoms with E-state index in [-0.39, 0.29) is 30.2 Å². The molecule has 3 aliphatic rings. The maximum Gasteiger partial charge on any atom is 0.253 e. The van der Waals surface area contributed by atoms with E-state index < -0.39 is 0 Å². The highest BCUT2D eigenvalue weighted by Gasteiger charge is 2.49. The van der Waals surface area contributed by atoms with E-state index in [9.17, 15) is 4.79 Å². The summed E-state index contributed by atoms with van der Waals surface area (Å²) in [6.45, 7) is 0.976. The van der Waals surface area contributed by atoms with Gasteiger partial charge in [-0.2, -0.15) is 0 Å². The van der Waals surface area contributed by atoms with E-state index >= 15 is 0 Å². The zero-order valence-electron chi connectivity index (χ0n) is 16.2. The van der Waals surface area contributed by atoms with Gasteiger partial charge in [-0.3, -0.25) is 7.58 Å². The van der Waals surface area contributed by atoms with Gasteiger partial charge in [-0.25, -0.2) is 4.68 Å². The van der Waals surface area contributed by atoms with Gasteiger partial charge in [0.15, 0.2) is 0 Å². The largest absolute Gasteiger partial charge is 0.371 e. The van der Waals surface area contributed by atoms with Crippen LogP contribution in [0.25, 0.3) is 0 Å². The van der Waals surface area contributed by atoms with Gasteiger partial charge in [0.05, 0.1) is 53.4 Å². The number of carbonyl (C=O) groups is 1. The van der Waals surface area contributed by atoms with Gasteiger partial charge in [0.25, 0.3) is 5.91 Å². The summed E-state index contributed by atoms with van der Waals surface area (Å²) in [5, 5.41) is 11.8. The second-order valence-electron chi connectivity index (χ2n) is 8.39. The number of fused-ring (bicyclic) bond motifs is 1. The molecule has 8 nitrogen and oxygen atoms in total. The number of rotatable bonds is 5. The second kappa shape index (κ2) is 8.35. The van der Waals surface area contributed by atoms with Crippen molar-refractivity contribution in [3.63, 3.8) is 0 Å². The molecule has 29 heavy (non-hydrogen) atoms. The van der Waals surface area contributed by atoms with Gasteiger partial charge < -0.3 is 14.8 Å². The van der Waals surface area contributed by atoms with E-state index in [0.717, 1.165) is 18.0 Å². The molecule has 0 bridgehead atoms. The molecule has 2 aromatic rings. The number of ether oxygens (including phenoxy) is 2. The molecule has 0 spiro atoms. The van der Waals surface area contributed by atoms with Crippen LogP contribution in [0.2, 0.25) is 0 Å². The van der Waals surface area contributed by atoms with Crippen molar-refractivity contribution in [2.75, 3.05) is 13.2 Å². The van der Waals surface area contributed by atoms with E-state index in [0.29, 0.717) is 18.8 Å². The Morgan fingerprint density at radius 1 is 1.17 bits per heavy atom. The molecule has 1 N–H and O–H groups in total. The molecule has 1 saturated carbocycles. The number of aromatic nitrogens is 4. The van der Waals surface area contributed by atoms with Gasteiger partial charge in [0.1, 0.15) is 18.2 Å². The Morgan fingerprint density at radius 3 is 2.79 bits per heavy atom. The van der Waals surface area contributed by atoms with Crippen LogP contribution in [-0.4, -0.2) is 55.1 Å². The average molecular weight is 511 g/mol. The molecule has 9 heteroatoms. The van der Waals surface area contributed by atoms with Crippen molar-refractivity contribution in [3.8, 4) is 0 Å². The van der Waals surface area contributed by atoms with Crippen molar-refractivity contribution in [2.45, 2.75) is 62.8 Å². The average Bonchev–Trinajstić information content (AvgIpc) is 3.49. The predicted molar refractivity (Wildman–Crippen MR) is 114 cm³/mol. The fraction of sp³-hybridized carbons (Fsp3) is 0.650. The molecular formula is C20H26IN5O3. The van der Waals surface area contributed by atoms with E-state index in [2.05, 4.69) is 44.7 Å². The molecule has 4 unspecified atom stereocenters. The molecule has 4 atom stereocenters. The van der Waals surface area contributed by atoms with Gasteiger partial charge in [-0.15, -0.1) is 5.10 Å². The van der Waals surface area contributed by atoms with Gasteiger partial charge in [0, 0.05) is 18.6 Å². The van der Waals surface area contributed by atoms with Gasteiger partial charge >= 0.3 is 0 Å². The number of nitrogens with one attached hydrogen (secondary N) is 1. The first-order chi connectivity index (χ1) is 14.2. The highest BCUT2D eigenvalue weighted by molar-refractivity contribution is 14.1. The number of hydrogen-bond acceptors (Lipinski definition) is 5.